The Kier molecular flexibility index (Phi) is 4.96. The fourth-order valence-corrected chi connectivity index (χ4v) is 2.09. The molecule has 4 heteroatoms. The third kappa shape index (κ3) is 3.32. The van der Waals surface area contributed by atoms with Gasteiger partial charge in [0.15, 0.2) is 0 Å². The number of aliphatic carboxylic acids is 1. The van der Waals surface area contributed by atoms with Crippen LogP contribution >= 0.6 is 15.9 Å². The van der Waals surface area contributed by atoms with Crippen LogP contribution < -0.4 is 0 Å². The van der Waals surface area contributed by atoms with E-state index in [0.717, 1.165) is 10.0 Å². The van der Waals surface area contributed by atoms with Gasteiger partial charge in [0.2, 0.25) is 0 Å². The summed E-state index contributed by atoms with van der Waals surface area (Å²) in [7, 11) is 1.84. The average molecular weight is 286 g/mol. The molecule has 0 aliphatic rings. The van der Waals surface area contributed by atoms with Crippen LogP contribution in [0.25, 0.3) is 0 Å². The van der Waals surface area contributed by atoms with Gasteiger partial charge in [-0.2, -0.15) is 0 Å². The number of benzene rings is 1. The molecule has 1 rings (SSSR count). The molecular formula is C12H16BrNO2. The fourth-order valence-electron chi connectivity index (χ4n) is 1.68. The van der Waals surface area contributed by atoms with E-state index in [4.69, 9.17) is 5.11 Å². The zero-order valence-electron chi connectivity index (χ0n) is 9.48. The molecule has 0 bridgehead atoms. The van der Waals surface area contributed by atoms with Crippen LogP contribution in [0.15, 0.2) is 28.7 Å². The monoisotopic (exact) mass is 285 g/mol. The van der Waals surface area contributed by atoms with E-state index >= 15 is 0 Å². The van der Waals surface area contributed by atoms with E-state index in [1.165, 1.54) is 0 Å². The maximum atomic E-state index is 11.0. The first-order valence-electron chi connectivity index (χ1n) is 5.22. The number of nitrogens with zero attached hydrogens (tertiary/aromatic N) is 1. The zero-order valence-corrected chi connectivity index (χ0v) is 11.1. The van der Waals surface area contributed by atoms with E-state index in [0.29, 0.717) is 13.0 Å². The van der Waals surface area contributed by atoms with E-state index in [9.17, 15) is 4.79 Å². The summed E-state index contributed by atoms with van der Waals surface area (Å²) in [6, 6.07) is 7.43. The number of rotatable bonds is 5. The van der Waals surface area contributed by atoms with Crippen LogP contribution in [-0.4, -0.2) is 29.1 Å². The number of hydrogen-bond donors (Lipinski definition) is 1. The van der Waals surface area contributed by atoms with Gasteiger partial charge in [-0.05, 0) is 25.1 Å². The van der Waals surface area contributed by atoms with Crippen molar-refractivity contribution in [1.29, 1.82) is 0 Å². The Bertz CT molecular complexity index is 368. The first-order valence-corrected chi connectivity index (χ1v) is 6.02. The van der Waals surface area contributed by atoms with Crippen molar-refractivity contribution in [2.45, 2.75) is 25.9 Å². The average Bonchev–Trinajstić information content (AvgIpc) is 2.22. The second-order valence-corrected chi connectivity index (χ2v) is 4.62. The minimum absolute atomic E-state index is 0.424. The van der Waals surface area contributed by atoms with Crippen LogP contribution in [0, 0.1) is 0 Å². The summed E-state index contributed by atoms with van der Waals surface area (Å²) in [6.07, 6.45) is 0.607. The van der Waals surface area contributed by atoms with Crippen LogP contribution in [0.1, 0.15) is 18.9 Å². The lowest BCUT2D eigenvalue weighted by Crippen LogP contribution is -2.37. The van der Waals surface area contributed by atoms with Gasteiger partial charge >= 0.3 is 5.97 Å². The van der Waals surface area contributed by atoms with Crippen molar-refractivity contribution in [2.24, 2.45) is 0 Å². The fraction of sp³-hybridized carbons (Fsp3) is 0.417. The highest BCUT2D eigenvalue weighted by Gasteiger charge is 2.20. The Morgan fingerprint density at radius 3 is 2.62 bits per heavy atom. The molecule has 0 fully saturated rings. The maximum absolute atomic E-state index is 11.0. The van der Waals surface area contributed by atoms with Crippen LogP contribution in [0.3, 0.4) is 0 Å². The number of hydrogen-bond acceptors (Lipinski definition) is 2. The molecule has 0 amide bonds. The Hall–Kier alpha value is -0.870. The SMILES string of the molecule is CCC(C(=O)O)N(C)Cc1ccccc1Br. The summed E-state index contributed by atoms with van der Waals surface area (Å²) in [5.41, 5.74) is 1.10. The van der Waals surface area contributed by atoms with Crippen molar-refractivity contribution in [1.82, 2.24) is 4.90 Å². The summed E-state index contributed by atoms with van der Waals surface area (Å²) >= 11 is 3.46. The number of carbonyl (C=O) groups is 1. The Labute approximate surface area is 104 Å². The standard InChI is InChI=1S/C12H16BrNO2/c1-3-11(12(15)16)14(2)8-9-6-4-5-7-10(9)13/h4-7,11H,3,8H2,1-2H3,(H,15,16). The topological polar surface area (TPSA) is 40.5 Å². The molecular weight excluding hydrogens is 270 g/mol. The molecule has 88 valence electrons. The van der Waals surface area contributed by atoms with Crippen LogP contribution in [0.5, 0.6) is 0 Å². The van der Waals surface area contributed by atoms with E-state index in [1.54, 1.807) is 0 Å². The first kappa shape index (κ1) is 13.2. The summed E-state index contributed by atoms with van der Waals surface area (Å²) in [5, 5.41) is 9.04. The molecule has 1 aromatic rings. The highest BCUT2D eigenvalue weighted by atomic mass is 79.9. The van der Waals surface area contributed by atoms with E-state index in [-0.39, 0.29) is 0 Å². The molecule has 0 spiro atoms. The molecule has 0 aromatic heterocycles. The molecule has 0 aliphatic heterocycles. The molecule has 1 atom stereocenters. The lowest BCUT2D eigenvalue weighted by molar-refractivity contribution is -0.143. The molecule has 0 radical (unpaired) electrons. The normalized spacial score (nSPS) is 12.8. The van der Waals surface area contributed by atoms with Crippen molar-refractivity contribution in [3.05, 3.63) is 34.3 Å². The van der Waals surface area contributed by atoms with Gasteiger partial charge in [0.05, 0.1) is 0 Å². The van der Waals surface area contributed by atoms with E-state index in [2.05, 4.69) is 15.9 Å². The summed E-state index contributed by atoms with van der Waals surface area (Å²) < 4.78 is 1.02. The predicted octanol–water partition coefficient (Wildman–Crippen LogP) is 2.74. The Morgan fingerprint density at radius 1 is 1.50 bits per heavy atom. The van der Waals surface area contributed by atoms with Crippen molar-refractivity contribution >= 4 is 21.9 Å². The number of likely N-dealkylation sites (N-methyl/N-ethyl adjacent to an activating group) is 1. The van der Waals surface area contributed by atoms with Crippen molar-refractivity contribution in [3.8, 4) is 0 Å². The minimum atomic E-state index is -0.767. The van der Waals surface area contributed by atoms with Gasteiger partial charge in [-0.3, -0.25) is 9.69 Å². The molecule has 0 saturated carbocycles. The lowest BCUT2D eigenvalue weighted by Gasteiger charge is -2.23. The third-order valence-corrected chi connectivity index (χ3v) is 3.36. The lowest BCUT2D eigenvalue weighted by atomic mass is 10.1. The number of carboxylic acids is 1. The van der Waals surface area contributed by atoms with E-state index in [1.807, 2.05) is 43.1 Å². The molecule has 0 aliphatic carbocycles. The maximum Gasteiger partial charge on any atom is 0.320 e. The number of halogens is 1. The second kappa shape index (κ2) is 6.01. The Morgan fingerprint density at radius 2 is 2.12 bits per heavy atom. The molecule has 1 unspecified atom stereocenters. The molecule has 0 heterocycles. The number of carboxylic acid groups (broad SMARTS) is 1. The van der Waals surface area contributed by atoms with Crippen molar-refractivity contribution < 1.29 is 9.90 Å². The quantitative estimate of drug-likeness (QED) is 0.904. The summed E-state index contributed by atoms with van der Waals surface area (Å²) in [4.78, 5) is 12.8. The van der Waals surface area contributed by atoms with Gasteiger partial charge in [-0.15, -0.1) is 0 Å². The van der Waals surface area contributed by atoms with Gasteiger partial charge in [-0.1, -0.05) is 41.1 Å². The molecule has 1 N–H and O–H groups in total. The van der Waals surface area contributed by atoms with Crippen molar-refractivity contribution in [3.63, 3.8) is 0 Å². The summed E-state index contributed by atoms with van der Waals surface area (Å²) in [6.45, 7) is 2.52. The Balaban J connectivity index is 2.74. The molecule has 1 aromatic carbocycles. The highest BCUT2D eigenvalue weighted by Crippen LogP contribution is 2.18. The van der Waals surface area contributed by atoms with Crippen LogP contribution in [0.4, 0.5) is 0 Å². The summed E-state index contributed by atoms with van der Waals surface area (Å²) in [5.74, 6) is -0.767. The third-order valence-electron chi connectivity index (χ3n) is 2.58. The minimum Gasteiger partial charge on any atom is -0.480 e. The van der Waals surface area contributed by atoms with Gasteiger partial charge in [0.25, 0.3) is 0 Å². The second-order valence-electron chi connectivity index (χ2n) is 3.77. The first-order chi connectivity index (χ1) is 7.56. The highest BCUT2D eigenvalue weighted by molar-refractivity contribution is 9.10. The smallest absolute Gasteiger partial charge is 0.320 e. The van der Waals surface area contributed by atoms with Gasteiger partial charge < -0.3 is 5.11 Å². The van der Waals surface area contributed by atoms with E-state index < -0.39 is 12.0 Å². The molecule has 0 saturated heterocycles. The van der Waals surface area contributed by atoms with Crippen LogP contribution in [-0.2, 0) is 11.3 Å². The largest absolute Gasteiger partial charge is 0.480 e. The van der Waals surface area contributed by atoms with Crippen LogP contribution in [0.2, 0.25) is 0 Å². The molecule has 3 nitrogen and oxygen atoms in total. The van der Waals surface area contributed by atoms with Gasteiger partial charge in [0.1, 0.15) is 6.04 Å². The zero-order chi connectivity index (χ0) is 12.1. The molecule has 16 heavy (non-hydrogen) atoms. The van der Waals surface area contributed by atoms with Gasteiger partial charge in [0, 0.05) is 11.0 Å². The van der Waals surface area contributed by atoms with Crippen molar-refractivity contribution in [2.75, 3.05) is 7.05 Å². The predicted molar refractivity (Wildman–Crippen MR) is 67.3 cm³/mol. The van der Waals surface area contributed by atoms with Gasteiger partial charge in [-0.25, -0.2) is 0 Å².